The number of methoxy groups -OCH3 is 1. The number of rotatable bonds is 5. The Hall–Kier alpha value is -4.47. The van der Waals surface area contributed by atoms with Gasteiger partial charge in [-0.25, -0.2) is 0 Å². The van der Waals surface area contributed by atoms with Crippen LogP contribution in [0.4, 0.5) is 18.9 Å². The number of hydrogen-bond acceptors (Lipinski definition) is 6. The SMILES string of the molecule is COc1cccc(C2/C(=C(/O)c3ccc4c(c3)CC(C)O4)C(=O)C(=O)N2c2ccc(OC(F)(F)F)cc2)c1. The van der Waals surface area contributed by atoms with E-state index in [0.717, 1.165) is 22.6 Å². The molecule has 0 aromatic heterocycles. The van der Waals surface area contributed by atoms with E-state index in [1.807, 2.05) is 6.92 Å². The number of hydrogen-bond donors (Lipinski definition) is 1. The van der Waals surface area contributed by atoms with E-state index in [1.165, 1.54) is 19.2 Å². The fraction of sp³-hybridized carbons (Fsp3) is 0.214. The van der Waals surface area contributed by atoms with Crippen LogP contribution in [0.15, 0.2) is 72.3 Å². The average Bonchev–Trinajstić information content (AvgIpc) is 3.38. The van der Waals surface area contributed by atoms with E-state index in [2.05, 4.69) is 4.74 Å². The molecule has 2 aliphatic heterocycles. The number of aliphatic hydroxyl groups is 1. The fourth-order valence-electron chi connectivity index (χ4n) is 4.76. The van der Waals surface area contributed by atoms with Crippen LogP contribution >= 0.6 is 0 Å². The lowest BCUT2D eigenvalue weighted by molar-refractivity contribution is -0.274. The predicted molar refractivity (Wildman–Crippen MR) is 131 cm³/mol. The van der Waals surface area contributed by atoms with Gasteiger partial charge in [0.05, 0.1) is 18.7 Å². The maximum atomic E-state index is 13.3. The number of benzene rings is 3. The molecule has 2 atom stereocenters. The Morgan fingerprint density at radius 1 is 1.03 bits per heavy atom. The Labute approximate surface area is 215 Å². The largest absolute Gasteiger partial charge is 0.573 e. The Bertz CT molecular complexity index is 1450. The molecule has 2 heterocycles. The van der Waals surface area contributed by atoms with Gasteiger partial charge in [-0.15, -0.1) is 13.2 Å². The van der Waals surface area contributed by atoms with Crippen molar-refractivity contribution in [2.75, 3.05) is 12.0 Å². The zero-order valence-corrected chi connectivity index (χ0v) is 20.3. The third-order valence-corrected chi connectivity index (χ3v) is 6.37. The number of anilines is 1. The first-order chi connectivity index (χ1) is 18.1. The number of fused-ring (bicyclic) bond motifs is 1. The van der Waals surface area contributed by atoms with Gasteiger partial charge in [0.1, 0.15) is 29.1 Å². The highest BCUT2D eigenvalue weighted by atomic mass is 19.4. The Balaban J connectivity index is 1.63. The van der Waals surface area contributed by atoms with Crippen molar-refractivity contribution < 1.29 is 42.1 Å². The topological polar surface area (TPSA) is 85.3 Å². The van der Waals surface area contributed by atoms with Gasteiger partial charge in [-0.1, -0.05) is 12.1 Å². The highest BCUT2D eigenvalue weighted by Crippen LogP contribution is 2.44. The van der Waals surface area contributed by atoms with Gasteiger partial charge in [0.2, 0.25) is 0 Å². The van der Waals surface area contributed by atoms with Gasteiger partial charge in [0.15, 0.2) is 0 Å². The number of amides is 1. The lowest BCUT2D eigenvalue weighted by Crippen LogP contribution is -2.29. The number of nitrogens with zero attached hydrogens (tertiary/aromatic N) is 1. The molecule has 10 heteroatoms. The standard InChI is InChI=1S/C28H22F3NO6/c1-15-12-18-13-17(6-11-22(18)37-15)25(33)23-24(16-4-3-5-21(14-16)36-2)32(27(35)26(23)34)19-7-9-20(10-8-19)38-28(29,30)31/h3-11,13-15,24,33H,12H2,1-2H3/b25-23-. The molecule has 1 fully saturated rings. The van der Waals surface area contributed by atoms with Gasteiger partial charge < -0.3 is 19.3 Å². The Morgan fingerprint density at radius 3 is 2.45 bits per heavy atom. The number of halogens is 3. The van der Waals surface area contributed by atoms with E-state index >= 15 is 0 Å². The van der Waals surface area contributed by atoms with Crippen LogP contribution in [0.25, 0.3) is 5.76 Å². The third kappa shape index (κ3) is 4.65. The minimum absolute atomic E-state index is 0.0333. The zero-order valence-electron chi connectivity index (χ0n) is 20.3. The van der Waals surface area contributed by atoms with E-state index in [1.54, 1.807) is 42.5 Å². The van der Waals surface area contributed by atoms with Gasteiger partial charge >= 0.3 is 6.36 Å². The van der Waals surface area contributed by atoms with Crippen molar-refractivity contribution in [1.29, 1.82) is 0 Å². The molecule has 0 saturated carbocycles. The first kappa shape index (κ1) is 25.2. The van der Waals surface area contributed by atoms with Crippen LogP contribution in [0.3, 0.4) is 0 Å². The molecular weight excluding hydrogens is 503 g/mol. The number of ketones is 1. The molecule has 2 unspecified atom stereocenters. The molecule has 3 aromatic rings. The number of aliphatic hydroxyl groups excluding tert-OH is 1. The summed E-state index contributed by atoms with van der Waals surface area (Å²) in [7, 11) is 1.46. The molecule has 0 aliphatic carbocycles. The Kier molecular flexibility index (Phi) is 6.26. The van der Waals surface area contributed by atoms with Gasteiger partial charge in [-0.3, -0.25) is 14.5 Å². The van der Waals surface area contributed by atoms with Crippen molar-refractivity contribution in [2.45, 2.75) is 31.9 Å². The number of carbonyl (C=O) groups excluding carboxylic acids is 2. The lowest BCUT2D eigenvalue weighted by atomic mass is 9.94. The molecule has 1 N–H and O–H groups in total. The molecular formula is C28H22F3NO6. The van der Waals surface area contributed by atoms with Crippen molar-refractivity contribution in [3.63, 3.8) is 0 Å². The summed E-state index contributed by atoms with van der Waals surface area (Å²) in [5.41, 5.74) is 1.63. The van der Waals surface area contributed by atoms with Gasteiger partial charge in [-0.05, 0) is 72.6 Å². The van der Waals surface area contributed by atoms with Crippen LogP contribution in [0.5, 0.6) is 17.2 Å². The predicted octanol–water partition coefficient (Wildman–Crippen LogP) is 5.54. The van der Waals surface area contributed by atoms with E-state index < -0.39 is 29.8 Å². The second-order valence-corrected chi connectivity index (χ2v) is 8.94. The smallest absolute Gasteiger partial charge is 0.507 e. The van der Waals surface area contributed by atoms with Crippen LogP contribution in [-0.4, -0.2) is 36.4 Å². The van der Waals surface area contributed by atoms with Crippen LogP contribution in [0.1, 0.15) is 29.7 Å². The molecule has 0 radical (unpaired) electrons. The number of alkyl halides is 3. The van der Waals surface area contributed by atoms with Crippen LogP contribution in [0.2, 0.25) is 0 Å². The second-order valence-electron chi connectivity index (χ2n) is 8.94. The van der Waals surface area contributed by atoms with E-state index in [9.17, 15) is 27.9 Å². The van der Waals surface area contributed by atoms with E-state index in [4.69, 9.17) is 9.47 Å². The van der Waals surface area contributed by atoms with Crippen LogP contribution in [-0.2, 0) is 16.0 Å². The minimum Gasteiger partial charge on any atom is -0.507 e. The second kappa shape index (κ2) is 9.44. The van der Waals surface area contributed by atoms with Gasteiger partial charge in [0, 0.05) is 17.7 Å². The molecule has 5 rings (SSSR count). The summed E-state index contributed by atoms with van der Waals surface area (Å²) in [4.78, 5) is 27.8. The summed E-state index contributed by atoms with van der Waals surface area (Å²) in [6, 6.07) is 15.2. The molecule has 3 aromatic carbocycles. The lowest BCUT2D eigenvalue weighted by Gasteiger charge is -2.26. The van der Waals surface area contributed by atoms with Gasteiger partial charge in [-0.2, -0.15) is 0 Å². The van der Waals surface area contributed by atoms with Crippen LogP contribution < -0.4 is 19.1 Å². The molecule has 38 heavy (non-hydrogen) atoms. The summed E-state index contributed by atoms with van der Waals surface area (Å²) in [6.45, 7) is 1.92. The molecule has 7 nitrogen and oxygen atoms in total. The summed E-state index contributed by atoms with van der Waals surface area (Å²) in [5.74, 6) is -1.60. The molecule has 196 valence electrons. The number of carbonyl (C=O) groups is 2. The molecule has 1 amide bonds. The minimum atomic E-state index is -4.88. The van der Waals surface area contributed by atoms with E-state index in [0.29, 0.717) is 29.0 Å². The number of ether oxygens (including phenoxy) is 3. The highest BCUT2D eigenvalue weighted by molar-refractivity contribution is 6.51. The quantitative estimate of drug-likeness (QED) is 0.267. The third-order valence-electron chi connectivity index (χ3n) is 6.37. The Morgan fingerprint density at radius 2 is 1.76 bits per heavy atom. The van der Waals surface area contributed by atoms with Crippen LogP contribution in [0, 0.1) is 0 Å². The van der Waals surface area contributed by atoms with Crippen molar-refractivity contribution in [2.24, 2.45) is 0 Å². The highest BCUT2D eigenvalue weighted by Gasteiger charge is 2.47. The normalized spacial score (nSPS) is 20.3. The fourth-order valence-corrected chi connectivity index (χ4v) is 4.76. The zero-order chi connectivity index (χ0) is 27.2. The molecule has 1 saturated heterocycles. The van der Waals surface area contributed by atoms with Crippen molar-refractivity contribution in [3.8, 4) is 17.2 Å². The van der Waals surface area contributed by atoms with Crippen molar-refractivity contribution in [3.05, 3.63) is 89.0 Å². The summed E-state index contributed by atoms with van der Waals surface area (Å²) < 4.78 is 52.8. The van der Waals surface area contributed by atoms with Gasteiger partial charge in [0.25, 0.3) is 11.7 Å². The molecule has 0 spiro atoms. The van der Waals surface area contributed by atoms with Crippen molar-refractivity contribution in [1.82, 2.24) is 0 Å². The first-order valence-electron chi connectivity index (χ1n) is 11.7. The number of Topliss-reactive ketones (excluding diaryl/α,β-unsaturated/α-hetero) is 1. The summed E-state index contributed by atoms with van der Waals surface area (Å²) in [6.07, 6.45) is -4.30. The first-order valence-corrected chi connectivity index (χ1v) is 11.7. The monoisotopic (exact) mass is 525 g/mol. The van der Waals surface area contributed by atoms with Crippen molar-refractivity contribution >= 4 is 23.1 Å². The molecule has 2 aliphatic rings. The maximum Gasteiger partial charge on any atom is 0.573 e. The summed E-state index contributed by atoms with van der Waals surface area (Å²) in [5, 5.41) is 11.4. The molecule has 0 bridgehead atoms. The van der Waals surface area contributed by atoms with E-state index in [-0.39, 0.29) is 23.1 Å². The average molecular weight is 525 g/mol. The maximum absolute atomic E-state index is 13.3. The summed E-state index contributed by atoms with van der Waals surface area (Å²) >= 11 is 0.